The fourth-order valence-corrected chi connectivity index (χ4v) is 4.24. The average molecular weight is 406 g/mol. The quantitative estimate of drug-likeness (QED) is 0.711. The maximum Gasteiger partial charge on any atom is 0.239 e. The van der Waals surface area contributed by atoms with Gasteiger partial charge in [0.25, 0.3) is 0 Å². The summed E-state index contributed by atoms with van der Waals surface area (Å²) >= 11 is 1.33. The standard InChI is InChI=1S/C18H27N7O2S/c1-5-25-13(3)14(12(2)22-25)8-9-19-15(26)11-23(4)17-20-21-18(28-17)24-10-6-7-16(24)27/h5-11H2,1-4H3,(H,19,26). The number of nitrogens with one attached hydrogen (secondary N) is 1. The Morgan fingerprint density at radius 1 is 1.32 bits per heavy atom. The summed E-state index contributed by atoms with van der Waals surface area (Å²) in [4.78, 5) is 27.5. The van der Waals surface area contributed by atoms with Crippen LogP contribution >= 0.6 is 11.3 Å². The molecule has 1 fully saturated rings. The monoisotopic (exact) mass is 405 g/mol. The van der Waals surface area contributed by atoms with Crippen LogP contribution in [0, 0.1) is 13.8 Å². The lowest BCUT2D eigenvalue weighted by molar-refractivity contribution is -0.119. The van der Waals surface area contributed by atoms with Crippen LogP contribution in [0.2, 0.25) is 0 Å². The second kappa shape index (κ2) is 8.68. The third-order valence-corrected chi connectivity index (χ3v) is 6.00. The molecule has 1 N–H and O–H groups in total. The van der Waals surface area contributed by atoms with Crippen LogP contribution in [0.15, 0.2) is 0 Å². The smallest absolute Gasteiger partial charge is 0.239 e. The van der Waals surface area contributed by atoms with Crippen LogP contribution in [-0.2, 0) is 22.6 Å². The topological polar surface area (TPSA) is 96.2 Å². The lowest BCUT2D eigenvalue weighted by atomic mass is 10.1. The summed E-state index contributed by atoms with van der Waals surface area (Å²) in [7, 11) is 1.80. The van der Waals surface area contributed by atoms with Crippen LogP contribution in [0.1, 0.15) is 36.7 Å². The van der Waals surface area contributed by atoms with Gasteiger partial charge in [0.2, 0.25) is 22.1 Å². The molecule has 10 heteroatoms. The van der Waals surface area contributed by atoms with Crippen LogP contribution in [0.5, 0.6) is 0 Å². The molecule has 1 aliphatic rings. The predicted octanol–water partition coefficient (Wildman–Crippen LogP) is 1.29. The number of aromatic nitrogens is 4. The molecule has 0 bridgehead atoms. The van der Waals surface area contributed by atoms with Crippen molar-refractivity contribution in [3.05, 3.63) is 17.0 Å². The SMILES string of the molecule is CCn1nc(C)c(CCNC(=O)CN(C)c2nnc(N3CCCC3=O)s2)c1C. The Kier molecular flexibility index (Phi) is 6.28. The molecule has 0 radical (unpaired) electrons. The van der Waals surface area contributed by atoms with Gasteiger partial charge in [-0.3, -0.25) is 19.2 Å². The highest BCUT2D eigenvalue weighted by Crippen LogP contribution is 2.29. The first-order valence-electron chi connectivity index (χ1n) is 9.55. The minimum absolute atomic E-state index is 0.0744. The van der Waals surface area contributed by atoms with Gasteiger partial charge in [0.15, 0.2) is 0 Å². The number of hydrogen-bond acceptors (Lipinski definition) is 7. The summed E-state index contributed by atoms with van der Waals surface area (Å²) in [5, 5.41) is 16.9. The van der Waals surface area contributed by atoms with Gasteiger partial charge in [-0.15, -0.1) is 10.2 Å². The van der Waals surface area contributed by atoms with Gasteiger partial charge in [0, 0.05) is 38.8 Å². The van der Waals surface area contributed by atoms with Gasteiger partial charge >= 0.3 is 0 Å². The van der Waals surface area contributed by atoms with E-state index in [1.807, 2.05) is 11.6 Å². The highest BCUT2D eigenvalue weighted by molar-refractivity contribution is 7.19. The van der Waals surface area contributed by atoms with Gasteiger partial charge in [0.05, 0.1) is 12.2 Å². The summed E-state index contributed by atoms with van der Waals surface area (Å²) < 4.78 is 1.98. The molecular formula is C18H27N7O2S. The number of amides is 2. The zero-order chi connectivity index (χ0) is 20.3. The van der Waals surface area contributed by atoms with E-state index in [4.69, 9.17) is 0 Å². The minimum Gasteiger partial charge on any atom is -0.354 e. The van der Waals surface area contributed by atoms with Crippen LogP contribution < -0.4 is 15.1 Å². The predicted molar refractivity (Wildman–Crippen MR) is 109 cm³/mol. The second-order valence-corrected chi connectivity index (χ2v) is 7.87. The number of anilines is 2. The van der Waals surface area contributed by atoms with Crippen molar-refractivity contribution in [2.75, 3.05) is 36.5 Å². The fourth-order valence-electron chi connectivity index (χ4n) is 3.39. The van der Waals surface area contributed by atoms with Crippen LogP contribution in [0.4, 0.5) is 10.3 Å². The molecule has 3 rings (SSSR count). The lowest BCUT2D eigenvalue weighted by Gasteiger charge is -2.15. The normalized spacial score (nSPS) is 14.0. The van der Waals surface area contributed by atoms with Crippen molar-refractivity contribution in [1.82, 2.24) is 25.3 Å². The average Bonchev–Trinajstić information content (AvgIpc) is 3.36. The van der Waals surface area contributed by atoms with Gasteiger partial charge in [-0.2, -0.15) is 5.10 Å². The Balaban J connectivity index is 1.49. The zero-order valence-corrected chi connectivity index (χ0v) is 17.7. The molecule has 3 heterocycles. The molecule has 2 amide bonds. The van der Waals surface area contributed by atoms with Gasteiger partial charge in [0.1, 0.15) is 0 Å². The molecule has 0 saturated carbocycles. The Labute approximate surface area is 168 Å². The number of carbonyl (C=O) groups excluding carboxylic acids is 2. The minimum atomic E-state index is -0.0744. The first-order chi connectivity index (χ1) is 13.4. The Morgan fingerprint density at radius 2 is 2.11 bits per heavy atom. The summed E-state index contributed by atoms with van der Waals surface area (Å²) in [5.41, 5.74) is 3.37. The molecular weight excluding hydrogens is 378 g/mol. The van der Waals surface area contributed by atoms with Crippen molar-refractivity contribution >= 4 is 33.4 Å². The summed E-state index contributed by atoms with van der Waals surface area (Å²) in [6.07, 6.45) is 2.17. The highest BCUT2D eigenvalue weighted by Gasteiger charge is 2.25. The molecule has 2 aromatic heterocycles. The van der Waals surface area contributed by atoms with Crippen LogP contribution in [0.25, 0.3) is 0 Å². The van der Waals surface area contributed by atoms with E-state index in [2.05, 4.69) is 34.5 Å². The van der Waals surface area contributed by atoms with E-state index < -0.39 is 0 Å². The first-order valence-corrected chi connectivity index (χ1v) is 10.4. The van der Waals surface area contributed by atoms with E-state index in [1.54, 1.807) is 16.8 Å². The fraction of sp³-hybridized carbons (Fsp3) is 0.611. The van der Waals surface area contributed by atoms with Crippen molar-refractivity contribution < 1.29 is 9.59 Å². The Bertz CT molecular complexity index is 860. The highest BCUT2D eigenvalue weighted by atomic mass is 32.1. The number of hydrogen-bond donors (Lipinski definition) is 1. The molecule has 2 aromatic rings. The molecule has 0 aromatic carbocycles. The molecule has 1 aliphatic heterocycles. The van der Waals surface area contributed by atoms with Gasteiger partial charge in [-0.1, -0.05) is 11.3 Å². The summed E-state index contributed by atoms with van der Waals surface area (Å²) in [5.74, 6) is 0.00904. The number of rotatable bonds is 8. The molecule has 152 valence electrons. The van der Waals surface area contributed by atoms with Crippen molar-refractivity contribution in [3.8, 4) is 0 Å². The number of carbonyl (C=O) groups is 2. The third kappa shape index (κ3) is 4.32. The van der Waals surface area contributed by atoms with Crippen molar-refractivity contribution in [1.29, 1.82) is 0 Å². The van der Waals surface area contributed by atoms with Gasteiger partial charge in [-0.25, -0.2) is 0 Å². The maximum absolute atomic E-state index is 12.3. The molecule has 9 nitrogen and oxygen atoms in total. The van der Waals surface area contributed by atoms with Gasteiger partial charge in [-0.05, 0) is 39.2 Å². The number of nitrogens with zero attached hydrogens (tertiary/aromatic N) is 6. The third-order valence-electron chi connectivity index (χ3n) is 4.94. The molecule has 0 unspecified atom stereocenters. The molecule has 28 heavy (non-hydrogen) atoms. The molecule has 1 saturated heterocycles. The maximum atomic E-state index is 12.3. The largest absolute Gasteiger partial charge is 0.354 e. The Hall–Kier alpha value is -2.49. The zero-order valence-electron chi connectivity index (χ0n) is 16.9. The molecule has 0 spiro atoms. The van der Waals surface area contributed by atoms with E-state index >= 15 is 0 Å². The van der Waals surface area contributed by atoms with E-state index in [-0.39, 0.29) is 18.4 Å². The van der Waals surface area contributed by atoms with Crippen molar-refractivity contribution in [3.63, 3.8) is 0 Å². The summed E-state index contributed by atoms with van der Waals surface area (Å²) in [6, 6.07) is 0. The van der Waals surface area contributed by atoms with Crippen LogP contribution in [0.3, 0.4) is 0 Å². The summed E-state index contributed by atoms with van der Waals surface area (Å²) in [6.45, 7) is 8.41. The first kappa shape index (κ1) is 20.2. The Morgan fingerprint density at radius 3 is 2.75 bits per heavy atom. The molecule has 0 atom stereocenters. The number of likely N-dealkylation sites (N-methyl/N-ethyl adjacent to an activating group) is 1. The molecule has 0 aliphatic carbocycles. The second-order valence-electron chi connectivity index (χ2n) is 6.94. The van der Waals surface area contributed by atoms with E-state index in [9.17, 15) is 9.59 Å². The van der Waals surface area contributed by atoms with E-state index in [0.717, 1.165) is 30.8 Å². The van der Waals surface area contributed by atoms with E-state index in [1.165, 1.54) is 16.9 Å². The van der Waals surface area contributed by atoms with E-state index in [0.29, 0.717) is 29.8 Å². The van der Waals surface area contributed by atoms with Gasteiger partial charge < -0.3 is 10.2 Å². The number of aryl methyl sites for hydroxylation is 2. The lowest BCUT2D eigenvalue weighted by Crippen LogP contribution is -2.36. The van der Waals surface area contributed by atoms with Crippen molar-refractivity contribution in [2.45, 2.75) is 46.6 Å². The van der Waals surface area contributed by atoms with Crippen LogP contribution in [-0.4, -0.2) is 58.5 Å². The van der Waals surface area contributed by atoms with Crippen molar-refractivity contribution in [2.24, 2.45) is 0 Å².